The third-order valence-corrected chi connectivity index (χ3v) is 11.2. The molecular weight excluding hydrogens is 912 g/mol. The number of aliphatic hydroxyl groups is 14. The van der Waals surface area contributed by atoms with Gasteiger partial charge in [-0.3, -0.25) is 0 Å². The lowest BCUT2D eigenvalue weighted by Gasteiger charge is -2.42. The lowest BCUT2D eigenvalue weighted by atomic mass is 9.98. The molecular formula is C44H64O24. The predicted octanol–water partition coefficient (Wildman–Crippen LogP) is -5.23. The predicted molar refractivity (Wildman–Crippen MR) is 227 cm³/mol. The molecule has 14 N–H and O–H groups in total. The summed E-state index contributed by atoms with van der Waals surface area (Å²) in [6, 6.07) is 0. The van der Waals surface area contributed by atoms with Crippen molar-refractivity contribution in [2.45, 2.75) is 151 Å². The fourth-order valence-electron chi connectivity index (χ4n) is 6.84. The Hall–Kier alpha value is -3.68. The number of hydrogen-bond donors (Lipinski definition) is 14. The maximum Gasteiger partial charge on any atom is 0.336 e. The van der Waals surface area contributed by atoms with Crippen molar-refractivity contribution in [3.05, 3.63) is 83.1 Å². The number of esters is 2. The number of hydrogen-bond acceptors (Lipinski definition) is 24. The molecule has 0 saturated carbocycles. The second-order valence-corrected chi connectivity index (χ2v) is 16.5. The number of allylic oxidation sites excluding steroid dienone is 12. The highest BCUT2D eigenvalue weighted by Crippen LogP contribution is 2.28. The molecule has 0 aromatic carbocycles. The second-order valence-electron chi connectivity index (χ2n) is 16.5. The summed E-state index contributed by atoms with van der Waals surface area (Å²) in [6.07, 6.45) is -16.8. The lowest BCUT2D eigenvalue weighted by molar-refractivity contribution is -0.326. The normalized spacial score (nSPS) is 40.3. The van der Waals surface area contributed by atoms with Gasteiger partial charge >= 0.3 is 11.9 Å². The summed E-state index contributed by atoms with van der Waals surface area (Å²) in [7, 11) is 0. The van der Waals surface area contributed by atoms with Gasteiger partial charge in [-0.1, -0.05) is 71.9 Å². The van der Waals surface area contributed by atoms with Crippen molar-refractivity contribution in [2.24, 2.45) is 0 Å². The molecule has 0 aromatic rings. The van der Waals surface area contributed by atoms with Crippen LogP contribution < -0.4 is 0 Å². The van der Waals surface area contributed by atoms with E-state index in [2.05, 4.69) is 0 Å². The lowest BCUT2D eigenvalue weighted by Crippen LogP contribution is -2.61. The van der Waals surface area contributed by atoms with Crippen molar-refractivity contribution in [3.8, 4) is 0 Å². The van der Waals surface area contributed by atoms with Gasteiger partial charge in [0.2, 0.25) is 12.6 Å². The Labute approximate surface area is 390 Å². The fourth-order valence-corrected chi connectivity index (χ4v) is 6.84. The first-order valence-electron chi connectivity index (χ1n) is 21.5. The van der Waals surface area contributed by atoms with Gasteiger partial charge in [-0.2, -0.15) is 0 Å². The molecule has 4 saturated heterocycles. The fraction of sp³-hybridized carbons (Fsp3) is 0.636. The number of aliphatic hydroxyl groups excluding tert-OH is 14. The van der Waals surface area contributed by atoms with E-state index in [9.17, 15) is 81.1 Å². The minimum absolute atomic E-state index is 0.0726. The van der Waals surface area contributed by atoms with Crippen LogP contribution in [0.2, 0.25) is 0 Å². The molecule has 24 nitrogen and oxygen atoms in total. The molecule has 0 aliphatic carbocycles. The summed E-state index contributed by atoms with van der Waals surface area (Å²) < 4.78 is 42.7. The Morgan fingerprint density at radius 2 is 0.691 bits per heavy atom. The summed E-state index contributed by atoms with van der Waals surface area (Å²) in [5.74, 6) is -1.86. The largest absolute Gasteiger partial charge is 0.429 e. The van der Waals surface area contributed by atoms with Crippen LogP contribution in [0.1, 0.15) is 27.7 Å². The molecule has 4 aliphatic rings. The molecule has 4 fully saturated rings. The van der Waals surface area contributed by atoms with Gasteiger partial charge in [0.25, 0.3) is 0 Å². The van der Waals surface area contributed by atoms with E-state index in [-0.39, 0.29) is 11.1 Å². The monoisotopic (exact) mass is 976 g/mol. The van der Waals surface area contributed by atoms with E-state index in [0.717, 1.165) is 11.1 Å². The van der Waals surface area contributed by atoms with Crippen LogP contribution >= 0.6 is 0 Å². The van der Waals surface area contributed by atoms with Crippen molar-refractivity contribution in [2.75, 3.05) is 26.4 Å². The second kappa shape index (κ2) is 26.5. The molecule has 0 spiro atoms. The van der Waals surface area contributed by atoms with E-state index in [1.807, 2.05) is 0 Å². The zero-order chi connectivity index (χ0) is 50.6. The Bertz CT molecular complexity index is 1730. The maximum absolute atomic E-state index is 12.8. The number of ether oxygens (including phenoxy) is 8. The molecule has 384 valence electrons. The van der Waals surface area contributed by atoms with Crippen LogP contribution in [0.3, 0.4) is 0 Å². The van der Waals surface area contributed by atoms with Crippen LogP contribution in [-0.4, -0.2) is 233 Å². The Morgan fingerprint density at radius 3 is 1.01 bits per heavy atom. The molecule has 0 bridgehead atoms. The van der Waals surface area contributed by atoms with Crippen LogP contribution in [0.4, 0.5) is 0 Å². The number of carbonyl (C=O) groups excluding carboxylic acids is 2. The summed E-state index contributed by atoms with van der Waals surface area (Å²) in [4.78, 5) is 25.6. The Morgan fingerprint density at radius 1 is 0.397 bits per heavy atom. The van der Waals surface area contributed by atoms with Crippen molar-refractivity contribution < 1.29 is 119 Å². The van der Waals surface area contributed by atoms with Crippen molar-refractivity contribution >= 4 is 11.9 Å². The van der Waals surface area contributed by atoms with E-state index >= 15 is 0 Å². The smallest absolute Gasteiger partial charge is 0.336 e. The first-order chi connectivity index (χ1) is 32.1. The van der Waals surface area contributed by atoms with E-state index in [1.165, 1.54) is 26.0 Å². The highest BCUT2D eigenvalue weighted by molar-refractivity contribution is 5.88. The van der Waals surface area contributed by atoms with Gasteiger partial charge in [-0.25, -0.2) is 9.59 Å². The van der Waals surface area contributed by atoms with Gasteiger partial charge in [0.1, 0.15) is 97.7 Å². The minimum atomic E-state index is -1.86. The van der Waals surface area contributed by atoms with Gasteiger partial charge in [-0.15, -0.1) is 0 Å². The van der Waals surface area contributed by atoms with E-state index < -0.39 is 161 Å². The SMILES string of the molecule is CC(=C/C=C/C=C(C)/C=C/C=C(/C)C(=O)O[C@@H]1O[C@H](CO[C@@H]2O[C@H](CO)[C@@H](O)[C@H](O)[C@H]2O)[C@@H](O)[C@H](O)[C@H]1O)/C=C/C=C(\C)C(=O)O[C@@H]1O[C@H](CO[C@@H]2O[C@H](CO)[C@@H](O)[C@H](O)[C@H]2O)[C@@H](O)[C@H](O)[C@H]1O. The average molecular weight is 977 g/mol. The standard InChI is InChI=1S/C44H64O24/c1-19(11-7-13-21(3)39(59)67-43-37(57)33(53)29(49)25(65-43)17-61-41-35(55)31(51)27(47)23(15-45)63-41)9-5-6-10-20(2)12-8-14-22(4)40(60)68-44-38(58)34(54)30(50)26(66-44)18-62-42-36(56)32(52)28(48)24(16-46)64-42/h5-14,23-38,41-58H,15-18H2,1-4H3/b6-5+,11-7+,12-8+,19-9-,20-10+,21-13+,22-14-/t23-,24-,25-,26-,27-,28-,29-,30-,31+,32+,33+,34+,35-,36-,37-,38-,41-,42-,43+,44+/m1/s1. The van der Waals surface area contributed by atoms with E-state index in [1.54, 1.807) is 62.5 Å². The maximum atomic E-state index is 12.8. The van der Waals surface area contributed by atoms with Crippen LogP contribution in [0.25, 0.3) is 0 Å². The van der Waals surface area contributed by atoms with Crippen molar-refractivity contribution in [1.29, 1.82) is 0 Å². The Balaban J connectivity index is 1.23. The zero-order valence-electron chi connectivity index (χ0n) is 37.5. The van der Waals surface area contributed by atoms with Crippen LogP contribution in [0.15, 0.2) is 83.1 Å². The third-order valence-electron chi connectivity index (χ3n) is 11.2. The van der Waals surface area contributed by atoms with Gasteiger partial charge in [0.05, 0.1) is 26.4 Å². The molecule has 68 heavy (non-hydrogen) atoms. The van der Waals surface area contributed by atoms with Crippen molar-refractivity contribution in [1.82, 2.24) is 0 Å². The first-order valence-corrected chi connectivity index (χ1v) is 21.5. The van der Waals surface area contributed by atoms with E-state index in [4.69, 9.17) is 37.9 Å². The Kier molecular flexibility index (Phi) is 22.2. The minimum Gasteiger partial charge on any atom is -0.429 e. The molecule has 4 aliphatic heterocycles. The summed E-state index contributed by atoms with van der Waals surface area (Å²) >= 11 is 0. The van der Waals surface area contributed by atoms with Crippen LogP contribution in [0, 0.1) is 0 Å². The third kappa shape index (κ3) is 14.9. The average Bonchev–Trinajstić information content (AvgIpc) is 3.31. The highest BCUT2D eigenvalue weighted by atomic mass is 16.8. The van der Waals surface area contributed by atoms with Gasteiger partial charge in [-0.05, 0) is 27.7 Å². The highest BCUT2D eigenvalue weighted by Gasteiger charge is 2.50. The van der Waals surface area contributed by atoms with Gasteiger partial charge in [0.15, 0.2) is 12.6 Å². The van der Waals surface area contributed by atoms with Crippen LogP contribution in [0.5, 0.6) is 0 Å². The summed E-state index contributed by atoms with van der Waals surface area (Å²) in [5, 5.41) is 142. The number of carbonyl (C=O) groups is 2. The zero-order valence-corrected chi connectivity index (χ0v) is 37.5. The summed E-state index contributed by atoms with van der Waals surface area (Å²) in [6.45, 7) is 3.80. The molecule has 4 heterocycles. The molecule has 0 amide bonds. The van der Waals surface area contributed by atoms with Gasteiger partial charge in [0, 0.05) is 11.1 Å². The van der Waals surface area contributed by atoms with Gasteiger partial charge < -0.3 is 109 Å². The molecule has 0 unspecified atom stereocenters. The molecule has 0 radical (unpaired) electrons. The first kappa shape index (κ1) is 56.9. The molecule has 20 atom stereocenters. The topological polar surface area (TPSA) is 391 Å². The van der Waals surface area contributed by atoms with Crippen LogP contribution in [-0.2, 0) is 47.5 Å². The van der Waals surface area contributed by atoms with Crippen molar-refractivity contribution in [3.63, 3.8) is 0 Å². The molecule has 4 rings (SSSR count). The quantitative estimate of drug-likeness (QED) is 0.0347. The molecule has 0 aromatic heterocycles. The number of rotatable bonds is 18. The molecule has 24 heteroatoms. The van der Waals surface area contributed by atoms with E-state index in [0.29, 0.717) is 0 Å². The summed E-state index contributed by atoms with van der Waals surface area (Å²) in [5.41, 5.74) is 1.68.